The van der Waals surface area contributed by atoms with E-state index in [1.165, 1.54) is 0 Å². The maximum atomic E-state index is 12.2. The average molecular weight is 333 g/mol. The Hall–Kier alpha value is -1.81. The van der Waals surface area contributed by atoms with Gasteiger partial charge in [-0.2, -0.15) is 0 Å². The molecule has 0 aliphatic heterocycles. The predicted octanol–water partition coefficient (Wildman–Crippen LogP) is 4.08. The summed E-state index contributed by atoms with van der Waals surface area (Å²) in [6.45, 7) is 2.01. The van der Waals surface area contributed by atoms with Gasteiger partial charge in [0.15, 0.2) is 0 Å². The Kier molecular flexibility index (Phi) is 4.45. The number of hydrogen-bond donors (Lipinski definition) is 1. The molecule has 2 aromatic rings. The minimum absolute atomic E-state index is 0.106. The molecule has 1 N–H and O–H groups in total. The minimum atomic E-state index is -0.106. The first-order valence-electron chi connectivity index (χ1n) is 6.32. The summed E-state index contributed by atoms with van der Waals surface area (Å²) in [6, 6.07) is 13.3. The van der Waals surface area contributed by atoms with E-state index in [-0.39, 0.29) is 5.91 Å². The molecule has 2 aromatic carbocycles. The Morgan fingerprint density at radius 1 is 1.10 bits per heavy atom. The molecular weight excluding hydrogens is 316 g/mol. The topological polar surface area (TPSA) is 32.3 Å². The lowest BCUT2D eigenvalue weighted by Crippen LogP contribution is -2.13. The third-order valence-corrected chi connectivity index (χ3v) is 3.93. The van der Waals surface area contributed by atoms with Gasteiger partial charge >= 0.3 is 0 Å². The van der Waals surface area contributed by atoms with Crippen molar-refractivity contribution in [2.45, 2.75) is 6.92 Å². The first-order valence-corrected chi connectivity index (χ1v) is 7.11. The molecule has 0 saturated heterocycles. The number of halogens is 1. The average Bonchev–Trinajstić information content (AvgIpc) is 2.43. The van der Waals surface area contributed by atoms with Crippen LogP contribution < -0.4 is 10.2 Å². The van der Waals surface area contributed by atoms with Crippen LogP contribution in [0.15, 0.2) is 46.9 Å². The van der Waals surface area contributed by atoms with Gasteiger partial charge in [0.05, 0.1) is 0 Å². The van der Waals surface area contributed by atoms with Gasteiger partial charge in [0.1, 0.15) is 0 Å². The van der Waals surface area contributed by atoms with Crippen LogP contribution >= 0.6 is 15.9 Å². The van der Waals surface area contributed by atoms with Gasteiger partial charge in [-0.05, 0) is 48.9 Å². The van der Waals surface area contributed by atoms with E-state index in [1.54, 1.807) is 0 Å². The standard InChI is InChI=1S/C16H17BrN2O/c1-11-4-7-13(10-15(11)17)18-16(20)12-5-8-14(9-6-12)19(2)3/h4-10H,1-3H3,(H,18,20). The highest BCUT2D eigenvalue weighted by Gasteiger charge is 2.07. The van der Waals surface area contributed by atoms with Crippen molar-refractivity contribution in [3.8, 4) is 0 Å². The van der Waals surface area contributed by atoms with Crippen molar-refractivity contribution < 1.29 is 4.79 Å². The maximum Gasteiger partial charge on any atom is 0.255 e. The second-order valence-electron chi connectivity index (χ2n) is 4.86. The summed E-state index contributed by atoms with van der Waals surface area (Å²) in [4.78, 5) is 14.2. The summed E-state index contributed by atoms with van der Waals surface area (Å²) in [6.07, 6.45) is 0. The summed E-state index contributed by atoms with van der Waals surface area (Å²) >= 11 is 3.46. The molecule has 0 bridgehead atoms. The van der Waals surface area contributed by atoms with Gasteiger partial charge in [-0.25, -0.2) is 0 Å². The van der Waals surface area contributed by atoms with Crippen molar-refractivity contribution in [2.75, 3.05) is 24.3 Å². The Balaban J connectivity index is 2.13. The van der Waals surface area contributed by atoms with Crippen molar-refractivity contribution in [2.24, 2.45) is 0 Å². The number of anilines is 2. The van der Waals surface area contributed by atoms with Crippen LogP contribution in [-0.2, 0) is 0 Å². The van der Waals surface area contributed by atoms with Gasteiger partial charge in [-0.15, -0.1) is 0 Å². The highest BCUT2D eigenvalue weighted by Crippen LogP contribution is 2.21. The predicted molar refractivity (Wildman–Crippen MR) is 87.6 cm³/mol. The fourth-order valence-electron chi connectivity index (χ4n) is 1.78. The van der Waals surface area contributed by atoms with E-state index < -0.39 is 0 Å². The summed E-state index contributed by atoms with van der Waals surface area (Å²) in [5.41, 5.74) is 3.63. The second kappa shape index (κ2) is 6.09. The van der Waals surface area contributed by atoms with E-state index in [2.05, 4.69) is 21.2 Å². The number of aryl methyl sites for hydroxylation is 1. The molecule has 0 fully saturated rings. The van der Waals surface area contributed by atoms with Crippen LogP contribution in [0.25, 0.3) is 0 Å². The van der Waals surface area contributed by atoms with Gasteiger partial charge in [-0.1, -0.05) is 22.0 Å². The van der Waals surface area contributed by atoms with Crippen molar-refractivity contribution in [3.05, 3.63) is 58.1 Å². The van der Waals surface area contributed by atoms with Crippen LogP contribution in [-0.4, -0.2) is 20.0 Å². The van der Waals surface area contributed by atoms with Gasteiger partial charge in [0.25, 0.3) is 5.91 Å². The van der Waals surface area contributed by atoms with E-state index >= 15 is 0 Å². The molecule has 2 rings (SSSR count). The molecule has 3 nitrogen and oxygen atoms in total. The molecule has 0 spiro atoms. The van der Waals surface area contributed by atoms with Crippen LogP contribution in [0.5, 0.6) is 0 Å². The maximum absolute atomic E-state index is 12.2. The molecule has 4 heteroatoms. The second-order valence-corrected chi connectivity index (χ2v) is 5.71. The number of nitrogens with zero attached hydrogens (tertiary/aromatic N) is 1. The minimum Gasteiger partial charge on any atom is -0.378 e. The monoisotopic (exact) mass is 332 g/mol. The summed E-state index contributed by atoms with van der Waals surface area (Å²) in [7, 11) is 3.94. The molecular formula is C16H17BrN2O. The molecule has 0 heterocycles. The smallest absolute Gasteiger partial charge is 0.255 e. The number of hydrogen-bond acceptors (Lipinski definition) is 2. The molecule has 20 heavy (non-hydrogen) atoms. The molecule has 0 atom stereocenters. The molecule has 0 unspecified atom stereocenters. The number of rotatable bonds is 3. The van der Waals surface area contributed by atoms with Gasteiger partial charge < -0.3 is 10.2 Å². The number of carbonyl (C=O) groups is 1. The zero-order valence-corrected chi connectivity index (χ0v) is 13.4. The zero-order chi connectivity index (χ0) is 14.7. The number of benzene rings is 2. The SMILES string of the molecule is Cc1ccc(NC(=O)c2ccc(N(C)C)cc2)cc1Br. The van der Waals surface area contributed by atoms with Crippen LogP contribution in [0.3, 0.4) is 0 Å². The molecule has 0 aliphatic carbocycles. The summed E-state index contributed by atoms with van der Waals surface area (Å²) in [5, 5.41) is 2.89. The van der Waals surface area contributed by atoms with Crippen molar-refractivity contribution in [3.63, 3.8) is 0 Å². The fraction of sp³-hybridized carbons (Fsp3) is 0.188. The Morgan fingerprint density at radius 2 is 1.75 bits per heavy atom. The number of amides is 1. The summed E-state index contributed by atoms with van der Waals surface area (Å²) < 4.78 is 0.984. The number of nitrogens with one attached hydrogen (secondary N) is 1. The highest BCUT2D eigenvalue weighted by atomic mass is 79.9. The zero-order valence-electron chi connectivity index (χ0n) is 11.8. The Bertz CT molecular complexity index is 621. The third kappa shape index (κ3) is 3.39. The molecule has 0 aliphatic rings. The molecule has 104 valence electrons. The lowest BCUT2D eigenvalue weighted by molar-refractivity contribution is 0.102. The van der Waals surface area contributed by atoms with Gasteiger partial charge in [0.2, 0.25) is 0 Å². The van der Waals surface area contributed by atoms with E-state index in [1.807, 2.05) is 68.4 Å². The van der Waals surface area contributed by atoms with E-state index in [9.17, 15) is 4.79 Å². The molecule has 1 amide bonds. The first-order chi connectivity index (χ1) is 9.47. The summed E-state index contributed by atoms with van der Waals surface area (Å²) in [5.74, 6) is -0.106. The molecule has 0 saturated carbocycles. The largest absolute Gasteiger partial charge is 0.378 e. The van der Waals surface area contributed by atoms with E-state index in [0.29, 0.717) is 5.56 Å². The molecule has 0 radical (unpaired) electrons. The van der Waals surface area contributed by atoms with Gasteiger partial charge in [-0.3, -0.25) is 4.79 Å². The van der Waals surface area contributed by atoms with E-state index in [4.69, 9.17) is 0 Å². The number of carbonyl (C=O) groups excluding carboxylic acids is 1. The highest BCUT2D eigenvalue weighted by molar-refractivity contribution is 9.10. The lowest BCUT2D eigenvalue weighted by Gasteiger charge is -2.12. The van der Waals surface area contributed by atoms with Crippen molar-refractivity contribution >= 4 is 33.2 Å². The normalized spacial score (nSPS) is 10.2. The fourth-order valence-corrected chi connectivity index (χ4v) is 2.16. The lowest BCUT2D eigenvalue weighted by atomic mass is 10.1. The first kappa shape index (κ1) is 14.6. The quantitative estimate of drug-likeness (QED) is 0.918. The van der Waals surface area contributed by atoms with Crippen molar-refractivity contribution in [1.82, 2.24) is 0 Å². The van der Waals surface area contributed by atoms with Crippen LogP contribution in [0.1, 0.15) is 15.9 Å². The molecule has 0 aromatic heterocycles. The van der Waals surface area contributed by atoms with Crippen molar-refractivity contribution in [1.29, 1.82) is 0 Å². The van der Waals surface area contributed by atoms with Crippen LogP contribution in [0, 0.1) is 6.92 Å². The van der Waals surface area contributed by atoms with Crippen LogP contribution in [0.2, 0.25) is 0 Å². The van der Waals surface area contributed by atoms with E-state index in [0.717, 1.165) is 21.4 Å². The van der Waals surface area contributed by atoms with Gasteiger partial charge in [0, 0.05) is 35.5 Å². The third-order valence-electron chi connectivity index (χ3n) is 3.08. The Labute approximate surface area is 127 Å². The van der Waals surface area contributed by atoms with Crippen LogP contribution in [0.4, 0.5) is 11.4 Å². The Morgan fingerprint density at radius 3 is 2.30 bits per heavy atom.